The monoisotopic (exact) mass is 387 g/mol. The van der Waals surface area contributed by atoms with Crippen LogP contribution in [0.3, 0.4) is 0 Å². The van der Waals surface area contributed by atoms with E-state index in [1.165, 1.54) is 9.47 Å². The van der Waals surface area contributed by atoms with Gasteiger partial charge in [-0.05, 0) is 37.1 Å². The molecular weight excluding hydrogens is 370 g/mol. The average Bonchev–Trinajstić information content (AvgIpc) is 3.21. The van der Waals surface area contributed by atoms with Crippen molar-refractivity contribution >= 4 is 17.7 Å². The first kappa shape index (κ1) is 17.4. The van der Waals surface area contributed by atoms with E-state index in [9.17, 15) is 14.7 Å². The highest BCUT2D eigenvalue weighted by Crippen LogP contribution is 2.30. The number of carboxylic acid groups (broad SMARTS) is 1. The highest BCUT2D eigenvalue weighted by atomic mass is 35.5. The molecule has 3 aromatic rings. The van der Waals surface area contributed by atoms with E-state index in [4.69, 9.17) is 16.7 Å². The van der Waals surface area contributed by atoms with E-state index in [1.807, 2.05) is 26.0 Å². The lowest BCUT2D eigenvalue weighted by Gasteiger charge is -2.23. The molecule has 8 nitrogen and oxygen atoms in total. The second kappa shape index (κ2) is 6.31. The first-order chi connectivity index (χ1) is 12.9. The summed E-state index contributed by atoms with van der Waals surface area (Å²) in [5.74, 6) is 0.545. The molecule has 2 N–H and O–H groups in total. The van der Waals surface area contributed by atoms with E-state index in [0.717, 1.165) is 28.1 Å². The molecule has 0 atom stereocenters. The fourth-order valence-corrected chi connectivity index (χ4v) is 3.59. The minimum Gasteiger partial charge on any atom is -0.465 e. The van der Waals surface area contributed by atoms with Crippen LogP contribution < -0.4 is 5.69 Å². The minimum atomic E-state index is -0.987. The molecule has 0 fully saturated rings. The molecule has 9 heteroatoms. The number of nitrogens with zero attached hydrogens (tertiary/aromatic N) is 4. The molecule has 3 heterocycles. The Morgan fingerprint density at radius 1 is 1.30 bits per heavy atom. The first-order valence-electron chi connectivity index (χ1n) is 8.49. The molecule has 0 saturated carbocycles. The summed E-state index contributed by atoms with van der Waals surface area (Å²) in [5, 5.41) is 14.8. The molecular formula is C18H18ClN5O3. The van der Waals surface area contributed by atoms with Crippen molar-refractivity contribution in [3.63, 3.8) is 0 Å². The van der Waals surface area contributed by atoms with Crippen LogP contribution in [0.15, 0.2) is 29.3 Å². The van der Waals surface area contributed by atoms with Gasteiger partial charge in [0, 0.05) is 35.9 Å². The molecule has 140 valence electrons. The van der Waals surface area contributed by atoms with Gasteiger partial charge in [-0.15, -0.1) is 0 Å². The number of carbonyl (C=O) groups is 1. The third-order valence-electron chi connectivity index (χ3n) is 4.82. The number of aromatic amines is 1. The van der Waals surface area contributed by atoms with E-state index >= 15 is 0 Å². The quantitative estimate of drug-likeness (QED) is 0.706. The van der Waals surface area contributed by atoms with E-state index in [-0.39, 0.29) is 12.2 Å². The van der Waals surface area contributed by atoms with Crippen molar-refractivity contribution in [3.8, 4) is 11.5 Å². The number of imidazole rings is 1. The topological polar surface area (TPSA) is 96.2 Å². The van der Waals surface area contributed by atoms with Crippen molar-refractivity contribution in [2.45, 2.75) is 26.8 Å². The Labute approximate surface area is 159 Å². The van der Waals surface area contributed by atoms with Crippen molar-refractivity contribution in [1.29, 1.82) is 0 Å². The molecule has 0 bridgehead atoms. The maximum absolute atomic E-state index is 12.3. The van der Waals surface area contributed by atoms with E-state index in [1.54, 1.807) is 17.1 Å². The molecule has 0 aliphatic carbocycles. The molecule has 0 unspecified atom stereocenters. The van der Waals surface area contributed by atoms with Gasteiger partial charge in [-0.25, -0.2) is 14.3 Å². The predicted molar refractivity (Wildman–Crippen MR) is 100 cm³/mol. The summed E-state index contributed by atoms with van der Waals surface area (Å²) in [6.45, 7) is 4.38. The summed E-state index contributed by atoms with van der Waals surface area (Å²) in [6.07, 6.45) is 2.67. The maximum Gasteiger partial charge on any atom is 0.407 e. The van der Waals surface area contributed by atoms with Gasteiger partial charge in [-0.1, -0.05) is 11.6 Å². The Morgan fingerprint density at radius 2 is 2.00 bits per heavy atom. The number of halogens is 1. The highest BCUT2D eigenvalue weighted by Gasteiger charge is 2.29. The van der Waals surface area contributed by atoms with Gasteiger partial charge in [0.1, 0.15) is 5.82 Å². The lowest BCUT2D eigenvalue weighted by molar-refractivity contribution is 0.140. The highest BCUT2D eigenvalue weighted by molar-refractivity contribution is 6.32. The molecule has 4 rings (SSSR count). The largest absolute Gasteiger partial charge is 0.465 e. The van der Waals surface area contributed by atoms with Gasteiger partial charge in [0.05, 0.1) is 17.9 Å². The van der Waals surface area contributed by atoms with Gasteiger partial charge in [0.2, 0.25) is 0 Å². The molecule has 1 aliphatic rings. The maximum atomic E-state index is 12.3. The summed E-state index contributed by atoms with van der Waals surface area (Å²) >= 11 is 6.29. The number of rotatable bonds is 2. The SMILES string of the molecule is Cc1cc(-n2nc3c(c2-n2cc[nH]c2=O)CN(C(=O)O)CC3)cc(C)c1Cl. The zero-order valence-electron chi connectivity index (χ0n) is 14.9. The van der Waals surface area contributed by atoms with Crippen molar-refractivity contribution in [3.05, 3.63) is 62.4 Å². The smallest absolute Gasteiger partial charge is 0.407 e. The van der Waals surface area contributed by atoms with Crippen LogP contribution in [0.1, 0.15) is 22.4 Å². The molecule has 0 saturated heterocycles. The lowest BCUT2D eigenvalue weighted by atomic mass is 10.1. The number of fused-ring (bicyclic) bond motifs is 1. The van der Waals surface area contributed by atoms with Crippen LogP contribution in [0, 0.1) is 13.8 Å². The molecule has 1 aliphatic heterocycles. The summed E-state index contributed by atoms with van der Waals surface area (Å²) in [7, 11) is 0. The van der Waals surface area contributed by atoms with Crippen LogP contribution in [0.4, 0.5) is 4.79 Å². The molecule has 0 spiro atoms. The van der Waals surface area contributed by atoms with Gasteiger partial charge >= 0.3 is 11.8 Å². The van der Waals surface area contributed by atoms with E-state index < -0.39 is 6.09 Å². The zero-order chi connectivity index (χ0) is 19.3. The second-order valence-electron chi connectivity index (χ2n) is 6.64. The van der Waals surface area contributed by atoms with Gasteiger partial charge in [-0.2, -0.15) is 5.10 Å². The summed E-state index contributed by atoms with van der Waals surface area (Å²) < 4.78 is 3.15. The van der Waals surface area contributed by atoms with E-state index in [0.29, 0.717) is 23.8 Å². The van der Waals surface area contributed by atoms with Crippen molar-refractivity contribution in [2.24, 2.45) is 0 Å². The number of H-pyrrole nitrogens is 1. The van der Waals surface area contributed by atoms with Crippen LogP contribution in [-0.4, -0.2) is 42.0 Å². The van der Waals surface area contributed by atoms with Crippen LogP contribution >= 0.6 is 11.6 Å². The van der Waals surface area contributed by atoms with Crippen molar-refractivity contribution in [1.82, 2.24) is 24.2 Å². The Bertz CT molecular complexity index is 1090. The Balaban J connectivity index is 1.97. The summed E-state index contributed by atoms with van der Waals surface area (Å²) in [4.78, 5) is 27.7. The van der Waals surface area contributed by atoms with Crippen molar-refractivity contribution in [2.75, 3.05) is 6.54 Å². The summed E-state index contributed by atoms with van der Waals surface area (Å²) in [6, 6.07) is 3.81. The Morgan fingerprint density at radius 3 is 2.59 bits per heavy atom. The average molecular weight is 388 g/mol. The van der Waals surface area contributed by atoms with Gasteiger partial charge in [-0.3, -0.25) is 4.57 Å². The van der Waals surface area contributed by atoms with Gasteiger partial charge in [0.15, 0.2) is 0 Å². The molecule has 0 radical (unpaired) electrons. The van der Waals surface area contributed by atoms with Crippen LogP contribution in [0.2, 0.25) is 5.02 Å². The summed E-state index contributed by atoms with van der Waals surface area (Å²) in [5.41, 5.74) is 3.79. The van der Waals surface area contributed by atoms with Crippen LogP contribution in [0.5, 0.6) is 0 Å². The Kier molecular flexibility index (Phi) is 4.07. The Hall–Kier alpha value is -3.00. The number of hydrogen-bond donors (Lipinski definition) is 2. The van der Waals surface area contributed by atoms with Crippen LogP contribution in [-0.2, 0) is 13.0 Å². The standard InChI is InChI=1S/C18H18ClN5O3/c1-10-7-12(8-11(2)15(10)19)24-16(23-6-4-20-17(23)25)13-9-22(18(26)27)5-3-14(13)21-24/h4,6-8H,3,5,9H2,1-2H3,(H,20,25)(H,26,27). The number of hydrogen-bond acceptors (Lipinski definition) is 3. The fourth-order valence-electron chi connectivity index (χ4n) is 3.48. The lowest BCUT2D eigenvalue weighted by Crippen LogP contribution is -2.35. The predicted octanol–water partition coefficient (Wildman–Crippen LogP) is 2.66. The number of benzene rings is 1. The second-order valence-corrected chi connectivity index (χ2v) is 7.02. The molecule has 2 aromatic heterocycles. The first-order valence-corrected chi connectivity index (χ1v) is 8.86. The number of aryl methyl sites for hydroxylation is 2. The molecule has 27 heavy (non-hydrogen) atoms. The normalized spacial score (nSPS) is 13.7. The third kappa shape index (κ3) is 2.82. The fraction of sp³-hybridized carbons (Fsp3) is 0.278. The zero-order valence-corrected chi connectivity index (χ0v) is 15.6. The molecule has 1 aromatic carbocycles. The van der Waals surface area contributed by atoms with E-state index in [2.05, 4.69) is 4.98 Å². The number of nitrogens with one attached hydrogen (secondary N) is 1. The minimum absolute atomic E-state index is 0.184. The third-order valence-corrected chi connectivity index (χ3v) is 5.42. The number of aromatic nitrogens is 4. The molecule has 1 amide bonds. The van der Waals surface area contributed by atoms with Crippen LogP contribution in [0.25, 0.3) is 11.5 Å². The van der Waals surface area contributed by atoms with Gasteiger partial charge < -0.3 is 15.0 Å². The van der Waals surface area contributed by atoms with Crippen molar-refractivity contribution < 1.29 is 9.90 Å². The van der Waals surface area contributed by atoms with Gasteiger partial charge in [0.25, 0.3) is 0 Å². The number of amides is 1.